The van der Waals surface area contributed by atoms with Gasteiger partial charge in [0.25, 0.3) is 6.02 Å². The summed E-state index contributed by atoms with van der Waals surface area (Å²) in [5.74, 6) is -2.21. The molecule has 0 saturated carbocycles. The lowest BCUT2D eigenvalue weighted by Gasteiger charge is -2.36. The van der Waals surface area contributed by atoms with E-state index in [1.54, 1.807) is 6.07 Å². The van der Waals surface area contributed by atoms with E-state index in [9.17, 15) is 4.39 Å². The second-order valence-corrected chi connectivity index (χ2v) is 8.27. The molecule has 6 rings (SSSR count). The lowest BCUT2D eigenvalue weighted by atomic mass is 9.80. The summed E-state index contributed by atoms with van der Waals surface area (Å²) >= 11 is 0. The summed E-state index contributed by atoms with van der Waals surface area (Å²) in [4.78, 5) is 10.1. The van der Waals surface area contributed by atoms with Crippen molar-refractivity contribution in [2.24, 2.45) is 10.7 Å². The van der Waals surface area contributed by atoms with Gasteiger partial charge in [0, 0.05) is 59.4 Å². The summed E-state index contributed by atoms with van der Waals surface area (Å²) in [7, 11) is 0. The van der Waals surface area contributed by atoms with Crippen molar-refractivity contribution in [3.63, 3.8) is 0 Å². The highest BCUT2D eigenvalue weighted by Gasteiger charge is 2.48. The number of ether oxygens (including phenoxy) is 3. The number of aromatic nitrogens is 1. The number of hydrogen-bond acceptors (Lipinski definition) is 7. The third-order valence-corrected chi connectivity index (χ3v) is 6.36. The molecule has 0 amide bonds. The van der Waals surface area contributed by atoms with Crippen molar-refractivity contribution in [1.29, 1.82) is 0 Å². The maximum atomic E-state index is 15.4. The number of fused-ring (bicyclic) bond motifs is 4. The van der Waals surface area contributed by atoms with Crippen molar-refractivity contribution in [2.75, 3.05) is 37.8 Å². The summed E-state index contributed by atoms with van der Waals surface area (Å²) in [6.07, 6.45) is 1.28. The number of halogens is 3. The van der Waals surface area contributed by atoms with Crippen LogP contribution in [0, 0.1) is 17.6 Å². The van der Waals surface area contributed by atoms with Crippen LogP contribution >= 0.6 is 0 Å². The van der Waals surface area contributed by atoms with Gasteiger partial charge in [-0.2, -0.15) is 4.39 Å². The molecule has 34 heavy (non-hydrogen) atoms. The Labute approximate surface area is 192 Å². The van der Waals surface area contributed by atoms with Crippen molar-refractivity contribution >= 4 is 11.7 Å². The fraction of sp³-hybridized carbons (Fsp3) is 0.250. The van der Waals surface area contributed by atoms with Crippen LogP contribution in [0.5, 0.6) is 11.5 Å². The summed E-state index contributed by atoms with van der Waals surface area (Å²) in [6.45, 7) is 2.20. The van der Waals surface area contributed by atoms with Gasteiger partial charge in [-0.25, -0.2) is 18.8 Å². The lowest BCUT2D eigenvalue weighted by Crippen LogP contribution is -2.37. The smallest absolute Gasteiger partial charge is 0.283 e. The van der Waals surface area contributed by atoms with Crippen LogP contribution in [-0.4, -0.2) is 43.9 Å². The molecule has 0 radical (unpaired) electrons. The van der Waals surface area contributed by atoms with Crippen molar-refractivity contribution in [3.05, 3.63) is 71.3 Å². The first-order valence-corrected chi connectivity index (χ1v) is 10.7. The third kappa shape index (κ3) is 3.09. The molecular formula is C24H19F3N4O3. The largest absolute Gasteiger partial charge is 0.462 e. The molecule has 1 fully saturated rings. The summed E-state index contributed by atoms with van der Waals surface area (Å²) in [5, 5.41) is 0. The van der Waals surface area contributed by atoms with E-state index in [1.165, 1.54) is 30.5 Å². The van der Waals surface area contributed by atoms with Crippen LogP contribution in [0.4, 0.5) is 18.9 Å². The van der Waals surface area contributed by atoms with Crippen LogP contribution in [0.25, 0.3) is 11.1 Å². The minimum absolute atomic E-state index is 0.0205. The van der Waals surface area contributed by atoms with Crippen LogP contribution in [0.2, 0.25) is 0 Å². The lowest BCUT2D eigenvalue weighted by molar-refractivity contribution is 0.122. The number of anilines is 1. The van der Waals surface area contributed by atoms with Gasteiger partial charge in [0.05, 0.1) is 13.2 Å². The van der Waals surface area contributed by atoms with Crippen molar-refractivity contribution in [3.8, 4) is 22.6 Å². The molecule has 0 bridgehead atoms. The Morgan fingerprint density at radius 2 is 1.79 bits per heavy atom. The second kappa shape index (κ2) is 7.63. The maximum absolute atomic E-state index is 15.4. The fourth-order valence-corrected chi connectivity index (χ4v) is 4.71. The van der Waals surface area contributed by atoms with Gasteiger partial charge < -0.3 is 24.8 Å². The third-order valence-electron chi connectivity index (χ3n) is 6.36. The van der Waals surface area contributed by atoms with Crippen LogP contribution < -0.4 is 15.4 Å². The van der Waals surface area contributed by atoms with E-state index in [0.29, 0.717) is 43.1 Å². The number of rotatable bonds is 2. The topological polar surface area (TPSA) is 82.2 Å². The average molecular weight is 468 g/mol. The molecule has 3 aromatic rings. The first kappa shape index (κ1) is 20.8. The van der Waals surface area contributed by atoms with Gasteiger partial charge in [-0.1, -0.05) is 0 Å². The predicted octanol–water partition coefficient (Wildman–Crippen LogP) is 3.70. The molecule has 1 atom stereocenters. The molecule has 4 heterocycles. The van der Waals surface area contributed by atoms with Gasteiger partial charge in [-0.3, -0.25) is 0 Å². The van der Waals surface area contributed by atoms with E-state index in [1.807, 2.05) is 4.90 Å². The molecule has 1 aromatic heterocycles. The van der Waals surface area contributed by atoms with Crippen LogP contribution in [0.1, 0.15) is 11.1 Å². The van der Waals surface area contributed by atoms with E-state index < -0.39 is 23.1 Å². The average Bonchev–Trinajstić information content (AvgIpc) is 3.23. The molecule has 0 aliphatic carbocycles. The highest BCUT2D eigenvalue weighted by molar-refractivity contribution is 5.78. The van der Waals surface area contributed by atoms with Crippen LogP contribution in [0.3, 0.4) is 0 Å². The zero-order chi connectivity index (χ0) is 23.4. The van der Waals surface area contributed by atoms with E-state index in [4.69, 9.17) is 19.9 Å². The minimum atomic E-state index is -1.29. The van der Waals surface area contributed by atoms with Crippen molar-refractivity contribution in [2.45, 2.75) is 5.54 Å². The van der Waals surface area contributed by atoms with E-state index in [2.05, 4.69) is 9.98 Å². The molecule has 3 aliphatic rings. The molecule has 1 saturated heterocycles. The Morgan fingerprint density at radius 1 is 0.971 bits per heavy atom. The van der Waals surface area contributed by atoms with Crippen LogP contribution in [0.15, 0.2) is 47.6 Å². The SMILES string of the molecule is NC1=N[C@@]2(CO1)c1cc(-c3cccnc3F)c(F)cc1Oc1c(F)cc(N3CCOCC3)cc12. The Kier molecular flexibility index (Phi) is 4.66. The molecule has 2 N–H and O–H groups in total. The van der Waals surface area contributed by atoms with Gasteiger partial charge in [0.15, 0.2) is 17.1 Å². The molecule has 2 aromatic carbocycles. The van der Waals surface area contributed by atoms with Gasteiger partial charge in [0.2, 0.25) is 5.95 Å². The van der Waals surface area contributed by atoms with E-state index >= 15 is 8.78 Å². The van der Waals surface area contributed by atoms with Crippen LogP contribution in [-0.2, 0) is 15.0 Å². The summed E-state index contributed by atoms with van der Waals surface area (Å²) in [6, 6.07) is 8.55. The number of benzene rings is 2. The number of hydrogen-bond donors (Lipinski definition) is 1. The number of nitrogens with two attached hydrogens (primary N) is 1. The Morgan fingerprint density at radius 3 is 2.53 bits per heavy atom. The summed E-state index contributed by atoms with van der Waals surface area (Å²) < 4.78 is 61.6. The first-order chi connectivity index (χ1) is 16.5. The molecule has 3 aliphatic heterocycles. The normalized spacial score (nSPS) is 20.9. The summed E-state index contributed by atoms with van der Waals surface area (Å²) in [5.41, 5.74) is 5.97. The Bertz CT molecular complexity index is 1340. The highest BCUT2D eigenvalue weighted by atomic mass is 19.1. The van der Waals surface area contributed by atoms with E-state index in [-0.39, 0.29) is 35.3 Å². The molecular weight excluding hydrogens is 449 g/mol. The molecule has 174 valence electrons. The Hall–Kier alpha value is -3.79. The van der Waals surface area contributed by atoms with Gasteiger partial charge in [0.1, 0.15) is 18.2 Å². The molecule has 10 heteroatoms. The number of nitrogens with zero attached hydrogens (tertiary/aromatic N) is 3. The van der Waals surface area contributed by atoms with E-state index in [0.717, 1.165) is 6.07 Å². The van der Waals surface area contributed by atoms with Gasteiger partial charge >= 0.3 is 0 Å². The number of amidine groups is 1. The maximum Gasteiger partial charge on any atom is 0.283 e. The predicted molar refractivity (Wildman–Crippen MR) is 117 cm³/mol. The Balaban J connectivity index is 1.57. The van der Waals surface area contributed by atoms with Crippen molar-refractivity contribution < 1.29 is 27.4 Å². The molecule has 1 spiro atoms. The number of pyridine rings is 1. The highest BCUT2D eigenvalue weighted by Crippen LogP contribution is 2.53. The van der Waals surface area contributed by atoms with Gasteiger partial charge in [-0.05, 0) is 24.3 Å². The minimum Gasteiger partial charge on any atom is -0.462 e. The quantitative estimate of drug-likeness (QED) is 0.578. The standard InChI is InChI=1S/C24H19F3N4O3/c25-18-11-20-16(10-15(18)14-2-1-3-29-22(14)27)24(12-33-23(28)30-24)17-8-13(9-19(26)21(17)34-20)31-4-6-32-7-5-31/h1-3,8-11H,4-7,12H2,(H2,28,30)/t24-/m0/s1. The second-order valence-electron chi connectivity index (χ2n) is 8.27. The number of morpholine rings is 1. The monoisotopic (exact) mass is 468 g/mol. The first-order valence-electron chi connectivity index (χ1n) is 10.7. The number of aliphatic imine (C=N–C) groups is 1. The van der Waals surface area contributed by atoms with Crippen molar-refractivity contribution in [1.82, 2.24) is 4.98 Å². The fourth-order valence-electron chi connectivity index (χ4n) is 4.71. The van der Waals surface area contributed by atoms with Gasteiger partial charge in [-0.15, -0.1) is 0 Å². The zero-order valence-electron chi connectivity index (χ0n) is 17.9. The molecule has 7 nitrogen and oxygen atoms in total. The molecule has 0 unspecified atom stereocenters. The zero-order valence-corrected chi connectivity index (χ0v) is 17.9.